The molecule has 0 saturated heterocycles. The molecule has 34 heavy (non-hydrogen) atoms. The van der Waals surface area contributed by atoms with Gasteiger partial charge in [0.1, 0.15) is 0 Å². The number of hydrogen-bond donors (Lipinski definition) is 0. The summed E-state index contributed by atoms with van der Waals surface area (Å²) in [5.41, 5.74) is 3.53. The minimum Gasteiger partial charge on any atom is -0.493 e. The highest BCUT2D eigenvalue weighted by molar-refractivity contribution is 6.11. The average Bonchev–Trinajstić information content (AvgIpc) is 3.26. The fraction of sp³-hybridized carbons (Fsp3) is 0.148. The largest absolute Gasteiger partial charge is 0.493 e. The van der Waals surface area contributed by atoms with Crippen molar-refractivity contribution in [2.45, 2.75) is 6.92 Å². The molecule has 4 aromatic rings. The summed E-state index contributed by atoms with van der Waals surface area (Å²) in [4.78, 5) is 30.1. The van der Waals surface area contributed by atoms with Crippen LogP contribution in [0.25, 0.3) is 17.7 Å². The maximum absolute atomic E-state index is 13.4. The lowest BCUT2D eigenvalue weighted by Gasteiger charge is -2.09. The van der Waals surface area contributed by atoms with Gasteiger partial charge in [-0.3, -0.25) is 9.78 Å². The third kappa shape index (κ3) is 4.54. The molecular formula is C27H24N2O5. The van der Waals surface area contributed by atoms with Crippen molar-refractivity contribution in [3.05, 3.63) is 95.1 Å². The zero-order valence-corrected chi connectivity index (χ0v) is 19.1. The van der Waals surface area contributed by atoms with E-state index in [1.54, 1.807) is 54.2 Å². The van der Waals surface area contributed by atoms with E-state index in [2.05, 4.69) is 4.98 Å². The molecule has 0 spiro atoms. The van der Waals surface area contributed by atoms with Gasteiger partial charge in [-0.15, -0.1) is 0 Å². The molecule has 3 heterocycles. The fourth-order valence-corrected chi connectivity index (χ4v) is 3.66. The van der Waals surface area contributed by atoms with Crippen LogP contribution < -0.4 is 9.47 Å². The van der Waals surface area contributed by atoms with E-state index in [4.69, 9.17) is 14.2 Å². The molecule has 0 aliphatic heterocycles. The lowest BCUT2D eigenvalue weighted by molar-refractivity contribution is 0.0529. The number of esters is 1. The van der Waals surface area contributed by atoms with Gasteiger partial charge in [-0.25, -0.2) is 4.79 Å². The van der Waals surface area contributed by atoms with Crippen molar-refractivity contribution in [2.75, 3.05) is 20.8 Å². The summed E-state index contributed by atoms with van der Waals surface area (Å²) in [5, 5.41) is 0. The lowest BCUT2D eigenvalue weighted by atomic mass is 10.1. The van der Waals surface area contributed by atoms with Crippen molar-refractivity contribution in [2.24, 2.45) is 0 Å². The zero-order valence-electron chi connectivity index (χ0n) is 19.1. The molecule has 0 atom stereocenters. The maximum Gasteiger partial charge on any atom is 0.340 e. The van der Waals surface area contributed by atoms with Crippen LogP contribution in [0.15, 0.2) is 67.1 Å². The summed E-state index contributed by atoms with van der Waals surface area (Å²) in [6, 6.07) is 14.1. The van der Waals surface area contributed by atoms with Crippen LogP contribution in [-0.2, 0) is 4.74 Å². The molecular weight excluding hydrogens is 432 g/mol. The molecule has 0 amide bonds. The fourth-order valence-electron chi connectivity index (χ4n) is 3.66. The zero-order chi connectivity index (χ0) is 24.1. The van der Waals surface area contributed by atoms with Gasteiger partial charge in [0, 0.05) is 24.2 Å². The Hall–Kier alpha value is -4.39. The van der Waals surface area contributed by atoms with E-state index < -0.39 is 5.97 Å². The number of nitrogens with zero attached hydrogens (tertiary/aromatic N) is 2. The van der Waals surface area contributed by atoms with Crippen LogP contribution in [-0.4, -0.2) is 42.0 Å². The Morgan fingerprint density at radius 3 is 2.35 bits per heavy atom. The average molecular weight is 456 g/mol. The number of methoxy groups -OCH3 is 2. The molecule has 3 aromatic heterocycles. The summed E-state index contributed by atoms with van der Waals surface area (Å²) in [6.07, 6.45) is 9.11. The molecule has 1 aromatic carbocycles. The predicted molar refractivity (Wildman–Crippen MR) is 129 cm³/mol. The quantitative estimate of drug-likeness (QED) is 0.276. The second-order valence-corrected chi connectivity index (χ2v) is 7.39. The van der Waals surface area contributed by atoms with Crippen LogP contribution in [0.1, 0.15) is 44.5 Å². The van der Waals surface area contributed by atoms with Crippen LogP contribution in [0.5, 0.6) is 11.5 Å². The van der Waals surface area contributed by atoms with Crippen molar-refractivity contribution >= 4 is 29.4 Å². The third-order valence-electron chi connectivity index (χ3n) is 5.34. The first-order valence-electron chi connectivity index (χ1n) is 10.7. The number of carbonyl (C=O) groups is 2. The van der Waals surface area contributed by atoms with Crippen molar-refractivity contribution in [3.8, 4) is 11.5 Å². The highest BCUT2D eigenvalue weighted by atomic mass is 16.5. The van der Waals surface area contributed by atoms with Gasteiger partial charge in [0.2, 0.25) is 5.78 Å². The summed E-state index contributed by atoms with van der Waals surface area (Å²) >= 11 is 0. The number of aromatic nitrogens is 2. The number of ether oxygens (including phenoxy) is 3. The Morgan fingerprint density at radius 2 is 1.65 bits per heavy atom. The molecule has 0 aliphatic carbocycles. The number of hydrogen-bond acceptors (Lipinski definition) is 6. The number of ketones is 1. The molecule has 0 saturated carbocycles. The highest BCUT2D eigenvalue weighted by Crippen LogP contribution is 2.30. The van der Waals surface area contributed by atoms with E-state index in [0.717, 1.165) is 11.1 Å². The molecule has 0 radical (unpaired) electrons. The highest BCUT2D eigenvalue weighted by Gasteiger charge is 2.22. The Morgan fingerprint density at radius 1 is 0.912 bits per heavy atom. The van der Waals surface area contributed by atoms with E-state index in [1.807, 2.05) is 36.4 Å². The van der Waals surface area contributed by atoms with Crippen molar-refractivity contribution in [1.82, 2.24) is 9.38 Å². The molecule has 0 unspecified atom stereocenters. The number of fused-ring (bicyclic) bond motifs is 1. The van der Waals surface area contributed by atoms with Gasteiger partial charge in [-0.05, 0) is 66.6 Å². The van der Waals surface area contributed by atoms with Gasteiger partial charge < -0.3 is 18.6 Å². The molecule has 7 heteroatoms. The number of benzene rings is 1. The number of carbonyl (C=O) groups excluding carboxylic acids is 2. The molecule has 0 aliphatic rings. The standard InChI is InChI=1S/C27H24N2O5/c1-4-34-27(31)21-17-23(26(30)20-7-8-24(32-2)25(16-20)33-3)29-14-11-19(15-22(21)29)6-5-18-9-12-28-13-10-18/h5-17H,4H2,1-3H3/b6-5+. The van der Waals surface area contributed by atoms with Gasteiger partial charge in [0.15, 0.2) is 11.5 Å². The van der Waals surface area contributed by atoms with Crippen LogP contribution in [0, 0.1) is 0 Å². The van der Waals surface area contributed by atoms with Gasteiger partial charge >= 0.3 is 5.97 Å². The van der Waals surface area contributed by atoms with Gasteiger partial charge in [0.25, 0.3) is 0 Å². The van der Waals surface area contributed by atoms with Crippen molar-refractivity contribution in [3.63, 3.8) is 0 Å². The Bertz CT molecular complexity index is 1370. The lowest BCUT2D eigenvalue weighted by Crippen LogP contribution is -2.06. The predicted octanol–water partition coefficient (Wildman–Crippen LogP) is 4.93. The second-order valence-electron chi connectivity index (χ2n) is 7.39. The van der Waals surface area contributed by atoms with Crippen molar-refractivity contribution < 1.29 is 23.8 Å². The minimum atomic E-state index is -0.485. The first-order valence-corrected chi connectivity index (χ1v) is 10.7. The number of pyridine rings is 2. The van der Waals surface area contributed by atoms with Gasteiger partial charge in [-0.1, -0.05) is 12.2 Å². The van der Waals surface area contributed by atoms with Crippen LogP contribution in [0.3, 0.4) is 0 Å². The molecule has 0 bridgehead atoms. The summed E-state index contributed by atoms with van der Waals surface area (Å²) in [7, 11) is 3.05. The molecule has 7 nitrogen and oxygen atoms in total. The second kappa shape index (κ2) is 10.0. The van der Waals surface area contributed by atoms with E-state index in [1.165, 1.54) is 14.2 Å². The van der Waals surface area contributed by atoms with Crippen LogP contribution in [0.2, 0.25) is 0 Å². The van der Waals surface area contributed by atoms with Gasteiger partial charge in [-0.2, -0.15) is 0 Å². The normalized spacial score (nSPS) is 11.0. The van der Waals surface area contributed by atoms with Crippen molar-refractivity contribution in [1.29, 1.82) is 0 Å². The first-order chi connectivity index (χ1) is 16.5. The van der Waals surface area contributed by atoms with Gasteiger partial charge in [0.05, 0.1) is 37.6 Å². The third-order valence-corrected chi connectivity index (χ3v) is 5.34. The van der Waals surface area contributed by atoms with Crippen LogP contribution >= 0.6 is 0 Å². The minimum absolute atomic E-state index is 0.233. The summed E-state index contributed by atoms with van der Waals surface area (Å²) in [5.74, 6) is 0.230. The first kappa shape index (κ1) is 22.8. The van der Waals surface area contributed by atoms with E-state index in [-0.39, 0.29) is 12.4 Å². The monoisotopic (exact) mass is 456 g/mol. The SMILES string of the molecule is CCOC(=O)c1cc(C(=O)c2ccc(OC)c(OC)c2)n2ccc(/C=C/c3ccncc3)cc12. The maximum atomic E-state index is 13.4. The van der Waals surface area contributed by atoms with E-state index in [9.17, 15) is 9.59 Å². The molecule has 0 N–H and O–H groups in total. The van der Waals surface area contributed by atoms with E-state index >= 15 is 0 Å². The Balaban J connectivity index is 1.79. The Kier molecular flexibility index (Phi) is 6.73. The topological polar surface area (TPSA) is 79.1 Å². The van der Waals surface area contributed by atoms with E-state index in [0.29, 0.717) is 33.8 Å². The molecule has 172 valence electrons. The summed E-state index contributed by atoms with van der Waals surface area (Å²) < 4.78 is 17.5. The smallest absolute Gasteiger partial charge is 0.340 e. The number of rotatable bonds is 8. The Labute approximate surface area is 197 Å². The molecule has 4 rings (SSSR count). The molecule has 0 fully saturated rings. The summed E-state index contributed by atoms with van der Waals surface area (Å²) in [6.45, 7) is 1.98. The van der Waals surface area contributed by atoms with Crippen LogP contribution in [0.4, 0.5) is 0 Å².